The zero-order valence-electron chi connectivity index (χ0n) is 13.0. The Labute approximate surface area is 143 Å². The number of halogens is 4. The van der Waals surface area contributed by atoms with Gasteiger partial charge in [-0.3, -0.25) is 9.00 Å². The Hall–Kier alpha value is -0.905. The van der Waals surface area contributed by atoms with Gasteiger partial charge in [-0.15, -0.1) is 0 Å². The largest absolute Gasteiger partial charge is 0.673 e. The lowest BCUT2D eigenvalue weighted by molar-refractivity contribution is 0.102. The minimum Gasteiger partial charge on any atom is -0.418 e. The first kappa shape index (κ1) is 23.1. The summed E-state index contributed by atoms with van der Waals surface area (Å²) in [7, 11) is -7.32. The minimum absolute atomic E-state index is 0.00123. The summed E-state index contributed by atoms with van der Waals surface area (Å²) < 4.78 is 50.2. The van der Waals surface area contributed by atoms with Gasteiger partial charge in [-0.05, 0) is 12.1 Å². The third-order valence-electron chi connectivity index (χ3n) is 2.60. The number of ketones is 1. The number of benzene rings is 1. The second-order valence-electron chi connectivity index (χ2n) is 4.51. The predicted molar refractivity (Wildman–Crippen MR) is 89.4 cm³/mol. The minimum atomic E-state index is -6.00. The van der Waals surface area contributed by atoms with Gasteiger partial charge >= 0.3 is 7.25 Å². The number of carbonyl (C=O) groups is 1. The first-order valence-electron chi connectivity index (χ1n) is 6.78. The van der Waals surface area contributed by atoms with Crippen LogP contribution in [0.1, 0.15) is 10.4 Å². The topological polar surface area (TPSA) is 74.6 Å². The van der Waals surface area contributed by atoms with E-state index in [-0.39, 0.29) is 29.9 Å². The SMILES string of the molecule is CS(=O)c1ccc(C(=O)C[S+](CCO)CCO)cc1.F[B-](F)(F)F. The molecule has 0 bridgehead atoms. The second kappa shape index (κ2) is 11.6. The highest BCUT2D eigenvalue weighted by atomic mass is 32.2. The summed E-state index contributed by atoms with van der Waals surface area (Å²) in [5.41, 5.74) is 0.586. The smallest absolute Gasteiger partial charge is 0.418 e. The van der Waals surface area contributed by atoms with Crippen molar-refractivity contribution in [1.29, 1.82) is 0 Å². The summed E-state index contributed by atoms with van der Waals surface area (Å²) in [6.07, 6.45) is 1.59. The maximum atomic E-state index is 12.1. The van der Waals surface area contributed by atoms with Crippen LogP contribution in [-0.4, -0.2) is 64.2 Å². The molecule has 138 valence electrons. The molecule has 0 saturated heterocycles. The first-order valence-corrected chi connectivity index (χ1v) is 10.1. The molecule has 0 heterocycles. The number of hydrogen-bond acceptors (Lipinski definition) is 4. The van der Waals surface area contributed by atoms with Crippen molar-refractivity contribution < 1.29 is 36.5 Å². The van der Waals surface area contributed by atoms with Crippen LogP contribution in [0.15, 0.2) is 29.2 Å². The Morgan fingerprint density at radius 2 is 1.50 bits per heavy atom. The molecule has 0 aliphatic heterocycles. The number of aliphatic hydroxyl groups is 2. The van der Waals surface area contributed by atoms with Gasteiger partial charge in [-0.2, -0.15) is 0 Å². The van der Waals surface area contributed by atoms with Gasteiger partial charge in [-0.1, -0.05) is 12.1 Å². The van der Waals surface area contributed by atoms with E-state index in [1.54, 1.807) is 30.5 Å². The number of aliphatic hydroxyl groups excluding tert-OH is 2. The van der Waals surface area contributed by atoms with E-state index in [2.05, 4.69) is 0 Å². The third kappa shape index (κ3) is 11.6. The number of hydrogen-bond donors (Lipinski definition) is 2. The fourth-order valence-corrected chi connectivity index (χ4v) is 3.67. The highest BCUT2D eigenvalue weighted by Gasteiger charge is 2.22. The van der Waals surface area contributed by atoms with E-state index in [0.717, 1.165) is 0 Å². The molecule has 1 unspecified atom stereocenters. The van der Waals surface area contributed by atoms with E-state index < -0.39 is 18.1 Å². The van der Waals surface area contributed by atoms with Crippen molar-refractivity contribution in [3.8, 4) is 0 Å². The second-order valence-corrected chi connectivity index (χ2v) is 8.22. The predicted octanol–water partition coefficient (Wildman–Crippen LogP) is 1.51. The molecule has 0 fully saturated rings. The van der Waals surface area contributed by atoms with Crippen molar-refractivity contribution in [3.63, 3.8) is 0 Å². The zero-order valence-corrected chi connectivity index (χ0v) is 14.6. The summed E-state index contributed by atoms with van der Waals surface area (Å²) in [4.78, 5) is 12.7. The highest BCUT2D eigenvalue weighted by molar-refractivity contribution is 7.97. The molecule has 0 spiro atoms. The van der Waals surface area contributed by atoms with Gasteiger partial charge in [0.15, 0.2) is 5.75 Å². The van der Waals surface area contributed by atoms with Gasteiger partial charge in [0.05, 0.1) is 13.2 Å². The summed E-state index contributed by atoms with van der Waals surface area (Å²) in [5, 5.41) is 17.8. The average molecular weight is 390 g/mol. The van der Waals surface area contributed by atoms with Crippen LogP contribution in [0.25, 0.3) is 0 Å². The lowest BCUT2D eigenvalue weighted by atomic mass is 10.1. The molecule has 0 aliphatic carbocycles. The van der Waals surface area contributed by atoms with E-state index in [9.17, 15) is 26.3 Å². The van der Waals surface area contributed by atoms with Crippen molar-refractivity contribution in [2.24, 2.45) is 0 Å². The number of rotatable bonds is 8. The maximum absolute atomic E-state index is 12.1. The van der Waals surface area contributed by atoms with Crippen LogP contribution >= 0.6 is 0 Å². The lowest BCUT2D eigenvalue weighted by Crippen LogP contribution is -2.25. The molecule has 0 amide bonds. The van der Waals surface area contributed by atoms with Crippen molar-refractivity contribution in [1.82, 2.24) is 0 Å². The van der Waals surface area contributed by atoms with Gasteiger partial charge < -0.3 is 27.5 Å². The fourth-order valence-electron chi connectivity index (χ4n) is 1.61. The molecule has 2 N–H and O–H groups in total. The average Bonchev–Trinajstić information content (AvgIpc) is 2.46. The lowest BCUT2D eigenvalue weighted by Gasteiger charge is -2.06. The maximum Gasteiger partial charge on any atom is 0.673 e. The Balaban J connectivity index is 0.000000922. The van der Waals surface area contributed by atoms with Crippen molar-refractivity contribution in [2.75, 3.05) is 36.7 Å². The van der Waals surface area contributed by atoms with Crippen molar-refractivity contribution >= 4 is 34.7 Å². The summed E-state index contributed by atoms with van der Waals surface area (Å²) >= 11 is 0. The molecule has 0 aromatic heterocycles. The molecule has 4 nitrogen and oxygen atoms in total. The van der Waals surface area contributed by atoms with Gasteiger partial charge in [-0.25, -0.2) is 0 Å². The molecule has 0 saturated carbocycles. The quantitative estimate of drug-likeness (QED) is 0.306. The van der Waals surface area contributed by atoms with E-state index in [0.29, 0.717) is 27.7 Å². The van der Waals surface area contributed by atoms with Crippen molar-refractivity contribution in [3.05, 3.63) is 29.8 Å². The standard InChI is InChI=1S/C13H19O4S2.BF4/c1-18(17)12-4-2-11(3-5-12)13(16)10-19(8-6-14)9-7-15;2-1(3,4)5/h2-5,14-15H,6-10H2,1H3;/q+1;-1. The molecule has 24 heavy (non-hydrogen) atoms. The van der Waals surface area contributed by atoms with Crippen LogP contribution in [0.3, 0.4) is 0 Å². The van der Waals surface area contributed by atoms with E-state index in [1.165, 1.54) is 0 Å². The van der Waals surface area contributed by atoms with E-state index >= 15 is 0 Å². The molecular formula is C13H19BF4O4S2. The monoisotopic (exact) mass is 390 g/mol. The van der Waals surface area contributed by atoms with Crippen LogP contribution in [0.4, 0.5) is 17.3 Å². The van der Waals surface area contributed by atoms with Crippen LogP contribution in [0.2, 0.25) is 0 Å². The fraction of sp³-hybridized carbons (Fsp3) is 0.462. The van der Waals surface area contributed by atoms with Crippen LogP contribution in [0, 0.1) is 0 Å². The Morgan fingerprint density at radius 1 is 1.08 bits per heavy atom. The number of carbonyl (C=O) groups excluding carboxylic acids is 1. The van der Waals surface area contributed by atoms with Gasteiger partial charge in [0.25, 0.3) is 0 Å². The first-order chi connectivity index (χ1) is 11.1. The van der Waals surface area contributed by atoms with Crippen molar-refractivity contribution in [2.45, 2.75) is 4.90 Å². The molecule has 1 rings (SSSR count). The zero-order chi connectivity index (χ0) is 18.8. The Bertz CT molecular complexity index is 514. The molecule has 0 aliphatic rings. The summed E-state index contributed by atoms with van der Waals surface area (Å²) in [5.74, 6) is 1.43. The molecule has 11 heteroatoms. The van der Waals surface area contributed by atoms with Gasteiger partial charge in [0.2, 0.25) is 5.78 Å². The summed E-state index contributed by atoms with van der Waals surface area (Å²) in [6, 6.07) is 6.75. The van der Waals surface area contributed by atoms with Crippen LogP contribution < -0.4 is 0 Å². The Kier molecular flexibility index (Phi) is 11.2. The number of Topliss-reactive ketones (excluding diaryl/α,β-unsaturated/α-hetero) is 1. The Morgan fingerprint density at radius 3 is 1.83 bits per heavy atom. The molecular weight excluding hydrogens is 371 g/mol. The summed E-state index contributed by atoms with van der Waals surface area (Å²) in [6.45, 7) is 0.0638. The van der Waals surface area contributed by atoms with E-state index in [1.807, 2.05) is 0 Å². The third-order valence-corrected chi connectivity index (χ3v) is 5.73. The van der Waals surface area contributed by atoms with Gasteiger partial charge in [0, 0.05) is 38.4 Å². The highest BCUT2D eigenvalue weighted by Crippen LogP contribution is 2.10. The van der Waals surface area contributed by atoms with Crippen LogP contribution in [-0.2, 0) is 21.7 Å². The molecule has 1 aromatic carbocycles. The molecule has 0 radical (unpaired) electrons. The van der Waals surface area contributed by atoms with Gasteiger partial charge in [0.1, 0.15) is 11.5 Å². The van der Waals surface area contributed by atoms with E-state index in [4.69, 9.17) is 10.2 Å². The normalized spacial score (nSPS) is 12.5. The van der Waals surface area contributed by atoms with Crippen LogP contribution in [0.5, 0.6) is 0 Å². The molecule has 1 atom stereocenters. The molecule has 1 aromatic rings.